The Bertz CT molecular complexity index is 479. The Labute approximate surface area is 117 Å². The highest BCUT2D eigenvalue weighted by molar-refractivity contribution is 5.92. The molecule has 1 aliphatic rings. The Kier molecular flexibility index (Phi) is 4.76. The van der Waals surface area contributed by atoms with Gasteiger partial charge >= 0.3 is 5.97 Å². The minimum atomic E-state index is -0.781. The number of carbonyl (C=O) groups is 2. The van der Waals surface area contributed by atoms with Gasteiger partial charge in [0.15, 0.2) is 5.69 Å². The van der Waals surface area contributed by atoms with Crippen molar-refractivity contribution in [2.45, 2.75) is 44.9 Å². The predicted octanol–water partition coefficient (Wildman–Crippen LogP) is 2.17. The van der Waals surface area contributed by atoms with Gasteiger partial charge in [-0.3, -0.25) is 9.59 Å². The Hall–Kier alpha value is -1.85. The maximum absolute atomic E-state index is 11.8. The Morgan fingerprint density at radius 3 is 2.90 bits per heavy atom. The number of nitrogens with zero attached hydrogens (tertiary/aromatic N) is 1. The van der Waals surface area contributed by atoms with E-state index in [0.29, 0.717) is 24.6 Å². The molecule has 110 valence electrons. The lowest BCUT2D eigenvalue weighted by Crippen LogP contribution is -2.26. The molecule has 6 heteroatoms. The maximum atomic E-state index is 11.8. The molecule has 1 heterocycles. The van der Waals surface area contributed by atoms with Crippen molar-refractivity contribution in [1.29, 1.82) is 0 Å². The van der Waals surface area contributed by atoms with Gasteiger partial charge in [0.25, 0.3) is 5.91 Å². The fraction of sp³-hybridized carbons (Fsp3) is 0.643. The summed E-state index contributed by atoms with van der Waals surface area (Å²) in [5.41, 5.74) is 0.324. The van der Waals surface area contributed by atoms with Crippen molar-refractivity contribution >= 4 is 11.9 Å². The number of carboxylic acids is 1. The molecule has 2 rings (SSSR count). The fourth-order valence-corrected chi connectivity index (χ4v) is 1.99. The molecule has 1 aliphatic carbocycles. The molecule has 0 aromatic carbocycles. The van der Waals surface area contributed by atoms with Crippen LogP contribution in [0.3, 0.4) is 0 Å². The zero-order chi connectivity index (χ0) is 14.5. The molecule has 1 atom stereocenters. The minimum absolute atomic E-state index is 0.170. The van der Waals surface area contributed by atoms with E-state index in [0.717, 1.165) is 25.0 Å². The summed E-state index contributed by atoms with van der Waals surface area (Å²) in [5, 5.41) is 15.1. The first-order chi connectivity index (χ1) is 9.56. The van der Waals surface area contributed by atoms with Gasteiger partial charge < -0.3 is 14.9 Å². The Balaban J connectivity index is 1.67. The highest BCUT2D eigenvalue weighted by Crippen LogP contribution is 2.40. The highest BCUT2D eigenvalue weighted by Gasteiger charge is 2.28. The predicted molar refractivity (Wildman–Crippen MR) is 71.5 cm³/mol. The summed E-state index contributed by atoms with van der Waals surface area (Å²) in [6.45, 7) is 2.50. The first-order valence-electron chi connectivity index (χ1n) is 7.03. The molecule has 1 fully saturated rings. The van der Waals surface area contributed by atoms with E-state index >= 15 is 0 Å². The molecule has 1 aromatic rings. The molecule has 0 saturated heterocycles. The van der Waals surface area contributed by atoms with Crippen molar-refractivity contribution in [2.24, 2.45) is 5.92 Å². The second-order valence-corrected chi connectivity index (χ2v) is 5.47. The summed E-state index contributed by atoms with van der Waals surface area (Å²) in [5.74, 6) is 0.498. The molecule has 20 heavy (non-hydrogen) atoms. The van der Waals surface area contributed by atoms with Crippen molar-refractivity contribution < 1.29 is 19.2 Å². The smallest absolute Gasteiger partial charge is 0.303 e. The second-order valence-electron chi connectivity index (χ2n) is 5.47. The lowest BCUT2D eigenvalue weighted by Gasteiger charge is -2.09. The number of rotatable bonds is 8. The third-order valence-electron chi connectivity index (χ3n) is 3.51. The van der Waals surface area contributed by atoms with E-state index in [9.17, 15) is 9.59 Å². The fourth-order valence-electron chi connectivity index (χ4n) is 1.99. The first kappa shape index (κ1) is 14.6. The zero-order valence-electron chi connectivity index (χ0n) is 11.6. The third-order valence-corrected chi connectivity index (χ3v) is 3.51. The number of hydrogen-bond acceptors (Lipinski definition) is 4. The van der Waals surface area contributed by atoms with Crippen molar-refractivity contribution in [3.63, 3.8) is 0 Å². The number of aromatic nitrogens is 1. The SMILES string of the molecule is CC(CCNC(=O)c1cc(C2CC2)on1)CCC(=O)O. The van der Waals surface area contributed by atoms with Crippen LogP contribution in [0, 0.1) is 5.92 Å². The maximum Gasteiger partial charge on any atom is 0.303 e. The van der Waals surface area contributed by atoms with E-state index in [1.165, 1.54) is 0 Å². The lowest BCUT2D eigenvalue weighted by molar-refractivity contribution is -0.137. The number of carbonyl (C=O) groups excluding carboxylic acids is 1. The van der Waals surface area contributed by atoms with Crippen LogP contribution in [-0.2, 0) is 4.79 Å². The van der Waals surface area contributed by atoms with Crippen LogP contribution in [0.2, 0.25) is 0 Å². The number of nitrogens with one attached hydrogen (secondary N) is 1. The molecule has 6 nitrogen and oxygen atoms in total. The lowest BCUT2D eigenvalue weighted by atomic mass is 10.0. The summed E-state index contributed by atoms with van der Waals surface area (Å²) in [6.07, 6.45) is 3.77. The highest BCUT2D eigenvalue weighted by atomic mass is 16.5. The van der Waals surface area contributed by atoms with Crippen LogP contribution >= 0.6 is 0 Å². The summed E-state index contributed by atoms with van der Waals surface area (Å²) >= 11 is 0. The van der Waals surface area contributed by atoms with Gasteiger partial charge in [0.2, 0.25) is 0 Å². The number of hydrogen-bond donors (Lipinski definition) is 2. The van der Waals surface area contributed by atoms with E-state index in [1.807, 2.05) is 6.92 Å². The van der Waals surface area contributed by atoms with E-state index in [2.05, 4.69) is 10.5 Å². The average Bonchev–Trinajstić information content (AvgIpc) is 3.14. The number of amides is 1. The number of carboxylic acid groups (broad SMARTS) is 1. The third kappa shape index (κ3) is 4.36. The van der Waals surface area contributed by atoms with E-state index in [-0.39, 0.29) is 18.2 Å². The van der Waals surface area contributed by atoms with E-state index in [1.54, 1.807) is 6.07 Å². The van der Waals surface area contributed by atoms with Gasteiger partial charge in [0.1, 0.15) is 5.76 Å². The zero-order valence-corrected chi connectivity index (χ0v) is 11.6. The molecule has 1 amide bonds. The molecule has 1 saturated carbocycles. The van der Waals surface area contributed by atoms with Gasteiger partial charge in [-0.25, -0.2) is 0 Å². The van der Waals surface area contributed by atoms with Crippen LogP contribution in [0.4, 0.5) is 0 Å². The molecular weight excluding hydrogens is 260 g/mol. The normalized spacial score (nSPS) is 15.8. The van der Waals surface area contributed by atoms with E-state index < -0.39 is 5.97 Å². The average molecular weight is 280 g/mol. The molecule has 1 unspecified atom stereocenters. The van der Waals surface area contributed by atoms with Gasteiger partial charge in [-0.2, -0.15) is 0 Å². The van der Waals surface area contributed by atoms with Crippen LogP contribution < -0.4 is 5.32 Å². The van der Waals surface area contributed by atoms with Crippen LogP contribution in [0.15, 0.2) is 10.6 Å². The molecule has 0 spiro atoms. The quantitative estimate of drug-likeness (QED) is 0.761. The summed E-state index contributed by atoms with van der Waals surface area (Å²) < 4.78 is 5.13. The van der Waals surface area contributed by atoms with Crippen LogP contribution in [-0.4, -0.2) is 28.7 Å². The van der Waals surface area contributed by atoms with Gasteiger partial charge in [-0.1, -0.05) is 12.1 Å². The Morgan fingerprint density at radius 2 is 2.25 bits per heavy atom. The second kappa shape index (κ2) is 6.54. The van der Waals surface area contributed by atoms with E-state index in [4.69, 9.17) is 9.63 Å². The standard InChI is InChI=1S/C14H20N2O4/c1-9(2-5-13(17)18)6-7-15-14(19)11-8-12(20-16-11)10-3-4-10/h8-10H,2-7H2,1H3,(H,15,19)(H,17,18). The molecule has 0 bridgehead atoms. The van der Waals surface area contributed by atoms with Gasteiger partial charge in [-0.15, -0.1) is 0 Å². The van der Waals surface area contributed by atoms with Gasteiger partial charge in [0, 0.05) is 24.9 Å². The molecule has 0 aliphatic heterocycles. The summed E-state index contributed by atoms with van der Waals surface area (Å²) in [6, 6.07) is 1.71. The molecule has 0 radical (unpaired) electrons. The van der Waals surface area contributed by atoms with Gasteiger partial charge in [-0.05, 0) is 31.6 Å². The molecular formula is C14H20N2O4. The first-order valence-corrected chi connectivity index (χ1v) is 7.03. The van der Waals surface area contributed by atoms with Crippen LogP contribution in [0.5, 0.6) is 0 Å². The Morgan fingerprint density at radius 1 is 1.50 bits per heavy atom. The summed E-state index contributed by atoms with van der Waals surface area (Å²) in [4.78, 5) is 22.3. The summed E-state index contributed by atoms with van der Waals surface area (Å²) in [7, 11) is 0. The van der Waals surface area contributed by atoms with Crippen LogP contribution in [0.25, 0.3) is 0 Å². The monoisotopic (exact) mass is 280 g/mol. The molecule has 1 aromatic heterocycles. The van der Waals surface area contributed by atoms with Crippen molar-refractivity contribution in [3.8, 4) is 0 Å². The largest absolute Gasteiger partial charge is 0.481 e. The number of aliphatic carboxylic acids is 1. The van der Waals surface area contributed by atoms with Crippen LogP contribution in [0.1, 0.15) is 61.2 Å². The minimum Gasteiger partial charge on any atom is -0.481 e. The van der Waals surface area contributed by atoms with Gasteiger partial charge in [0.05, 0.1) is 0 Å². The van der Waals surface area contributed by atoms with Crippen molar-refractivity contribution in [2.75, 3.05) is 6.54 Å². The van der Waals surface area contributed by atoms with Crippen molar-refractivity contribution in [3.05, 3.63) is 17.5 Å². The topological polar surface area (TPSA) is 92.4 Å². The van der Waals surface area contributed by atoms with Crippen molar-refractivity contribution in [1.82, 2.24) is 10.5 Å². The molecule has 2 N–H and O–H groups in total.